The molecule has 0 saturated carbocycles. The fourth-order valence-electron chi connectivity index (χ4n) is 2.97. The van der Waals surface area contributed by atoms with E-state index in [1.165, 1.54) is 5.56 Å². The molecule has 1 saturated heterocycles. The van der Waals surface area contributed by atoms with E-state index >= 15 is 0 Å². The van der Waals surface area contributed by atoms with Crippen molar-refractivity contribution in [3.8, 4) is 0 Å². The minimum absolute atomic E-state index is 0.382. The summed E-state index contributed by atoms with van der Waals surface area (Å²) in [7, 11) is 0. The number of β-amino-alcohol motifs (C(OH)–C–C–N with tert-alkyl or cyclic N) is 1. The van der Waals surface area contributed by atoms with Crippen LogP contribution in [0.5, 0.6) is 0 Å². The maximum Gasteiger partial charge on any atom is 0.0758 e. The molecule has 2 unspecified atom stereocenters. The van der Waals surface area contributed by atoms with Gasteiger partial charge in [0, 0.05) is 30.1 Å². The van der Waals surface area contributed by atoms with E-state index in [2.05, 4.69) is 57.3 Å². The Labute approximate surface area is 136 Å². The van der Waals surface area contributed by atoms with Gasteiger partial charge in [-0.3, -0.25) is 0 Å². The average molecular weight is 355 g/mol. The lowest BCUT2D eigenvalue weighted by Gasteiger charge is -2.24. The highest BCUT2D eigenvalue weighted by Crippen LogP contribution is 2.24. The van der Waals surface area contributed by atoms with Gasteiger partial charge in [-0.15, -0.1) is 0 Å². The third kappa shape index (κ3) is 5.37. The van der Waals surface area contributed by atoms with Crippen LogP contribution < -0.4 is 5.32 Å². The molecule has 1 aromatic carbocycles. The number of hydrogen-bond acceptors (Lipinski definition) is 3. The molecule has 1 aromatic rings. The standard InChI is InChI=1S/C17H27BrN2O/c1-3-9-19-16(14-5-4-6-15(18)12-14)7-10-20-11-8-17(2,21)13-20/h4-6,12,16,19,21H,3,7-11,13H2,1-2H3. The Bertz CT molecular complexity index is 450. The normalized spacial score (nSPS) is 24.4. The molecule has 1 heterocycles. The van der Waals surface area contributed by atoms with Crippen LogP contribution in [-0.2, 0) is 0 Å². The summed E-state index contributed by atoms with van der Waals surface area (Å²) in [6.07, 6.45) is 3.10. The number of rotatable bonds is 7. The van der Waals surface area contributed by atoms with Crippen LogP contribution >= 0.6 is 15.9 Å². The van der Waals surface area contributed by atoms with Crippen LogP contribution in [0.3, 0.4) is 0 Å². The highest BCUT2D eigenvalue weighted by molar-refractivity contribution is 9.10. The number of nitrogens with zero attached hydrogens (tertiary/aromatic N) is 1. The molecular weight excluding hydrogens is 328 g/mol. The molecule has 0 amide bonds. The van der Waals surface area contributed by atoms with E-state index in [0.29, 0.717) is 6.04 Å². The van der Waals surface area contributed by atoms with E-state index in [0.717, 1.165) is 49.9 Å². The Hall–Kier alpha value is -0.420. The molecule has 2 N–H and O–H groups in total. The third-order valence-corrected chi connectivity index (χ3v) is 4.65. The first-order valence-corrected chi connectivity index (χ1v) is 8.73. The van der Waals surface area contributed by atoms with E-state index in [-0.39, 0.29) is 0 Å². The minimum atomic E-state index is -0.498. The first-order valence-electron chi connectivity index (χ1n) is 7.94. The van der Waals surface area contributed by atoms with Crippen LogP contribution in [0.4, 0.5) is 0 Å². The molecule has 2 rings (SSSR count). The predicted molar refractivity (Wildman–Crippen MR) is 91.5 cm³/mol. The zero-order chi connectivity index (χ0) is 15.3. The fraction of sp³-hybridized carbons (Fsp3) is 0.647. The first-order chi connectivity index (χ1) is 10.00. The zero-order valence-electron chi connectivity index (χ0n) is 13.1. The largest absolute Gasteiger partial charge is 0.389 e. The summed E-state index contributed by atoms with van der Waals surface area (Å²) in [6, 6.07) is 8.94. The Morgan fingerprint density at radius 1 is 1.48 bits per heavy atom. The zero-order valence-corrected chi connectivity index (χ0v) is 14.7. The van der Waals surface area contributed by atoms with Gasteiger partial charge in [0.05, 0.1) is 5.60 Å². The van der Waals surface area contributed by atoms with Crippen molar-refractivity contribution in [1.82, 2.24) is 10.2 Å². The number of benzene rings is 1. The third-order valence-electron chi connectivity index (χ3n) is 4.16. The molecule has 21 heavy (non-hydrogen) atoms. The van der Waals surface area contributed by atoms with Gasteiger partial charge in [-0.25, -0.2) is 0 Å². The van der Waals surface area contributed by atoms with Gasteiger partial charge in [0.25, 0.3) is 0 Å². The lowest BCUT2D eigenvalue weighted by atomic mass is 10.0. The Kier molecular flexibility index (Phi) is 6.23. The number of halogens is 1. The van der Waals surface area contributed by atoms with E-state index in [1.807, 2.05) is 6.92 Å². The fourth-order valence-corrected chi connectivity index (χ4v) is 3.39. The summed E-state index contributed by atoms with van der Waals surface area (Å²) in [6.45, 7) is 8.01. The van der Waals surface area contributed by atoms with Crippen molar-refractivity contribution >= 4 is 15.9 Å². The van der Waals surface area contributed by atoms with E-state index in [1.54, 1.807) is 0 Å². The molecule has 1 fully saturated rings. The van der Waals surface area contributed by atoms with Crippen LogP contribution in [0.2, 0.25) is 0 Å². The van der Waals surface area contributed by atoms with Crippen LogP contribution in [0, 0.1) is 0 Å². The van der Waals surface area contributed by atoms with Gasteiger partial charge >= 0.3 is 0 Å². The van der Waals surface area contributed by atoms with Gasteiger partial charge in [0.1, 0.15) is 0 Å². The van der Waals surface area contributed by atoms with Crippen LogP contribution in [0.1, 0.15) is 44.7 Å². The molecule has 118 valence electrons. The average Bonchev–Trinajstić information content (AvgIpc) is 2.78. The van der Waals surface area contributed by atoms with Gasteiger partial charge in [-0.2, -0.15) is 0 Å². The highest BCUT2D eigenvalue weighted by atomic mass is 79.9. The van der Waals surface area contributed by atoms with Gasteiger partial charge in [0.15, 0.2) is 0 Å². The molecule has 3 nitrogen and oxygen atoms in total. The van der Waals surface area contributed by atoms with Crippen molar-refractivity contribution in [1.29, 1.82) is 0 Å². The summed E-state index contributed by atoms with van der Waals surface area (Å²) < 4.78 is 1.13. The maximum absolute atomic E-state index is 10.1. The lowest BCUT2D eigenvalue weighted by Crippen LogP contribution is -2.32. The Morgan fingerprint density at radius 2 is 2.29 bits per heavy atom. The van der Waals surface area contributed by atoms with Gasteiger partial charge in [-0.05, 0) is 50.4 Å². The molecule has 0 aromatic heterocycles. The SMILES string of the molecule is CCCNC(CCN1CCC(C)(O)C1)c1cccc(Br)c1. The number of nitrogens with one attached hydrogen (secondary N) is 1. The second-order valence-electron chi connectivity index (χ2n) is 6.37. The summed E-state index contributed by atoms with van der Waals surface area (Å²) in [5.41, 5.74) is 0.839. The molecule has 1 aliphatic heterocycles. The topological polar surface area (TPSA) is 35.5 Å². The van der Waals surface area contributed by atoms with Crippen molar-refractivity contribution in [3.63, 3.8) is 0 Å². The van der Waals surface area contributed by atoms with Crippen LogP contribution in [-0.4, -0.2) is 41.8 Å². The second kappa shape index (κ2) is 7.73. The Morgan fingerprint density at radius 3 is 2.90 bits per heavy atom. The lowest BCUT2D eigenvalue weighted by molar-refractivity contribution is 0.0683. The molecule has 0 bridgehead atoms. The molecule has 0 spiro atoms. The quantitative estimate of drug-likeness (QED) is 0.788. The summed E-state index contributed by atoms with van der Waals surface area (Å²) >= 11 is 3.56. The molecule has 0 radical (unpaired) electrons. The van der Waals surface area contributed by atoms with Crippen molar-refractivity contribution in [2.45, 2.75) is 44.8 Å². The maximum atomic E-state index is 10.1. The van der Waals surface area contributed by atoms with Crippen molar-refractivity contribution < 1.29 is 5.11 Å². The Balaban J connectivity index is 1.94. The van der Waals surface area contributed by atoms with Gasteiger partial charge in [0.2, 0.25) is 0 Å². The number of aliphatic hydroxyl groups is 1. The highest BCUT2D eigenvalue weighted by Gasteiger charge is 2.31. The van der Waals surface area contributed by atoms with Gasteiger partial charge < -0.3 is 15.3 Å². The summed E-state index contributed by atoms with van der Waals surface area (Å²) in [4.78, 5) is 2.37. The number of likely N-dealkylation sites (tertiary alicyclic amines) is 1. The van der Waals surface area contributed by atoms with E-state index in [9.17, 15) is 5.11 Å². The monoisotopic (exact) mass is 354 g/mol. The van der Waals surface area contributed by atoms with E-state index in [4.69, 9.17) is 0 Å². The molecular formula is C17H27BrN2O. The molecule has 2 atom stereocenters. The van der Waals surface area contributed by atoms with Crippen molar-refractivity contribution in [3.05, 3.63) is 34.3 Å². The predicted octanol–water partition coefficient (Wildman–Crippen LogP) is 3.34. The summed E-state index contributed by atoms with van der Waals surface area (Å²) in [5.74, 6) is 0. The minimum Gasteiger partial charge on any atom is -0.389 e. The van der Waals surface area contributed by atoms with Crippen molar-refractivity contribution in [2.24, 2.45) is 0 Å². The molecule has 4 heteroatoms. The molecule has 0 aliphatic carbocycles. The smallest absolute Gasteiger partial charge is 0.0758 e. The molecule has 1 aliphatic rings. The first kappa shape index (κ1) is 16.9. The van der Waals surface area contributed by atoms with Crippen molar-refractivity contribution in [2.75, 3.05) is 26.2 Å². The van der Waals surface area contributed by atoms with Gasteiger partial charge in [-0.1, -0.05) is 35.0 Å². The van der Waals surface area contributed by atoms with Crippen LogP contribution in [0.15, 0.2) is 28.7 Å². The second-order valence-corrected chi connectivity index (χ2v) is 7.29. The van der Waals surface area contributed by atoms with E-state index < -0.39 is 5.60 Å². The summed E-state index contributed by atoms with van der Waals surface area (Å²) in [5, 5.41) is 13.7. The number of hydrogen-bond donors (Lipinski definition) is 2. The van der Waals surface area contributed by atoms with Crippen LogP contribution in [0.25, 0.3) is 0 Å².